The molecule has 2 heterocycles. The van der Waals surface area contributed by atoms with Gasteiger partial charge in [-0.15, -0.1) is 0 Å². The number of nitrogens with one attached hydrogen (secondary N) is 3. The topological polar surface area (TPSA) is 108 Å². The van der Waals surface area contributed by atoms with E-state index < -0.39 is 0 Å². The number of nitrogens with zero attached hydrogens (tertiary/aromatic N) is 4. The number of hydrogen-bond donors (Lipinski definition) is 3. The van der Waals surface area contributed by atoms with Crippen LogP contribution in [0, 0.1) is 0 Å². The molecule has 3 rings (SSSR count). The first kappa shape index (κ1) is 17.3. The van der Waals surface area contributed by atoms with Crippen molar-refractivity contribution >= 4 is 24.4 Å². The minimum Gasteiger partial charge on any atom is -0.370 e. The third-order valence-electron chi connectivity index (χ3n) is 3.62. The van der Waals surface area contributed by atoms with Crippen molar-refractivity contribution in [2.24, 2.45) is 4.99 Å². The lowest BCUT2D eigenvalue weighted by Crippen LogP contribution is -2.26. The van der Waals surface area contributed by atoms with Crippen LogP contribution < -0.4 is 10.6 Å². The quantitative estimate of drug-likeness (QED) is 0.427. The molecule has 0 unspecified atom stereocenters. The zero-order valence-corrected chi connectivity index (χ0v) is 14.1. The molecule has 8 nitrogen and oxygen atoms in total. The molecular formula is C18H19N7O. The fraction of sp³-hybridized carbons (Fsp3) is 0.167. The van der Waals surface area contributed by atoms with Crippen LogP contribution in [0.5, 0.6) is 0 Å². The molecule has 1 amide bonds. The number of carbonyl (C=O) groups is 1. The van der Waals surface area contributed by atoms with Gasteiger partial charge in [0.25, 0.3) is 11.9 Å². The standard InChI is InChI=1S/C18H19N7O/c1-19-18-22-11-8-16(23-18)20-9-5-10-21-17(26)15-12-14(24-25-15)13-6-3-2-4-7-13/h2-4,6-8,11-12H,1,5,9-10H2,(H,21,26)(H,24,25)(H,20,22,23). The van der Waals surface area contributed by atoms with E-state index in [1.807, 2.05) is 30.3 Å². The predicted molar refractivity (Wildman–Crippen MR) is 101 cm³/mol. The molecule has 0 fully saturated rings. The number of amides is 1. The second-order valence-electron chi connectivity index (χ2n) is 5.47. The van der Waals surface area contributed by atoms with Gasteiger partial charge >= 0.3 is 0 Å². The Morgan fingerprint density at radius 3 is 2.85 bits per heavy atom. The summed E-state index contributed by atoms with van der Waals surface area (Å²) in [6.07, 6.45) is 2.35. The molecule has 0 atom stereocenters. The smallest absolute Gasteiger partial charge is 0.271 e. The van der Waals surface area contributed by atoms with Gasteiger partial charge in [-0.1, -0.05) is 30.3 Å². The van der Waals surface area contributed by atoms with E-state index in [2.05, 4.69) is 42.5 Å². The number of rotatable bonds is 8. The second kappa shape index (κ2) is 8.52. The Balaban J connectivity index is 1.43. The molecule has 26 heavy (non-hydrogen) atoms. The Bertz CT molecular complexity index is 876. The molecule has 0 aliphatic heterocycles. The predicted octanol–water partition coefficient (Wildman–Crippen LogP) is 2.43. The normalized spacial score (nSPS) is 10.3. The SMILES string of the molecule is C=Nc1nccc(NCCCNC(=O)c2cc(-c3ccccc3)[nH]n2)n1. The van der Waals surface area contributed by atoms with Crippen molar-refractivity contribution in [3.05, 3.63) is 54.4 Å². The van der Waals surface area contributed by atoms with Gasteiger partial charge in [-0.3, -0.25) is 9.89 Å². The Kier molecular flexibility index (Phi) is 5.66. The second-order valence-corrected chi connectivity index (χ2v) is 5.47. The van der Waals surface area contributed by atoms with Crippen LogP contribution in [-0.2, 0) is 0 Å². The molecule has 0 aliphatic rings. The molecule has 2 aromatic heterocycles. The Morgan fingerprint density at radius 1 is 1.19 bits per heavy atom. The van der Waals surface area contributed by atoms with E-state index in [-0.39, 0.29) is 5.91 Å². The Hall–Kier alpha value is -3.55. The van der Waals surface area contributed by atoms with E-state index in [0.717, 1.165) is 17.7 Å². The molecule has 0 saturated carbocycles. The summed E-state index contributed by atoms with van der Waals surface area (Å²) < 4.78 is 0. The Morgan fingerprint density at radius 2 is 2.04 bits per heavy atom. The van der Waals surface area contributed by atoms with Gasteiger partial charge in [0, 0.05) is 19.3 Å². The van der Waals surface area contributed by atoms with Gasteiger partial charge in [-0.2, -0.15) is 10.1 Å². The highest BCUT2D eigenvalue weighted by Gasteiger charge is 2.10. The van der Waals surface area contributed by atoms with Crippen molar-refractivity contribution in [2.75, 3.05) is 18.4 Å². The summed E-state index contributed by atoms with van der Waals surface area (Å²) in [6.45, 7) is 4.57. The number of H-pyrrole nitrogens is 1. The summed E-state index contributed by atoms with van der Waals surface area (Å²) in [5.41, 5.74) is 2.17. The van der Waals surface area contributed by atoms with Crippen molar-refractivity contribution in [2.45, 2.75) is 6.42 Å². The molecule has 8 heteroatoms. The highest BCUT2D eigenvalue weighted by Crippen LogP contribution is 2.16. The van der Waals surface area contributed by atoms with E-state index in [1.165, 1.54) is 0 Å². The highest BCUT2D eigenvalue weighted by atomic mass is 16.1. The minimum absolute atomic E-state index is 0.205. The van der Waals surface area contributed by atoms with Crippen LogP contribution in [0.2, 0.25) is 0 Å². The molecule has 1 aromatic carbocycles. The maximum absolute atomic E-state index is 12.2. The summed E-state index contributed by atoms with van der Waals surface area (Å²) >= 11 is 0. The first-order valence-electron chi connectivity index (χ1n) is 8.19. The van der Waals surface area contributed by atoms with E-state index in [1.54, 1.807) is 18.3 Å². The lowest BCUT2D eigenvalue weighted by molar-refractivity contribution is 0.0948. The van der Waals surface area contributed by atoms with Crippen molar-refractivity contribution in [3.63, 3.8) is 0 Å². The zero-order chi connectivity index (χ0) is 18.2. The van der Waals surface area contributed by atoms with E-state index >= 15 is 0 Å². The summed E-state index contributed by atoms with van der Waals surface area (Å²) in [5.74, 6) is 0.799. The molecule has 0 aliphatic carbocycles. The van der Waals surface area contributed by atoms with E-state index in [0.29, 0.717) is 30.5 Å². The van der Waals surface area contributed by atoms with Gasteiger partial charge in [0.2, 0.25) is 0 Å². The van der Waals surface area contributed by atoms with Crippen molar-refractivity contribution in [3.8, 4) is 11.3 Å². The van der Waals surface area contributed by atoms with Crippen LogP contribution in [0.15, 0.2) is 53.7 Å². The fourth-order valence-electron chi connectivity index (χ4n) is 2.32. The number of aromatic amines is 1. The van der Waals surface area contributed by atoms with Crippen LogP contribution in [0.4, 0.5) is 11.8 Å². The van der Waals surface area contributed by atoms with Crippen LogP contribution >= 0.6 is 0 Å². The fourth-order valence-corrected chi connectivity index (χ4v) is 2.32. The summed E-state index contributed by atoms with van der Waals surface area (Å²) in [5, 5.41) is 13.0. The number of benzene rings is 1. The maximum Gasteiger partial charge on any atom is 0.271 e. The van der Waals surface area contributed by atoms with Crippen molar-refractivity contribution in [1.82, 2.24) is 25.5 Å². The zero-order valence-electron chi connectivity index (χ0n) is 14.1. The van der Waals surface area contributed by atoms with Crippen molar-refractivity contribution in [1.29, 1.82) is 0 Å². The van der Waals surface area contributed by atoms with Gasteiger partial charge in [0.1, 0.15) is 5.82 Å². The number of carbonyl (C=O) groups excluding carboxylic acids is 1. The minimum atomic E-state index is -0.205. The van der Waals surface area contributed by atoms with Crippen LogP contribution in [0.3, 0.4) is 0 Å². The molecule has 3 N–H and O–H groups in total. The molecule has 132 valence electrons. The summed E-state index contributed by atoms with van der Waals surface area (Å²) in [4.78, 5) is 23.9. The molecule has 0 bridgehead atoms. The largest absolute Gasteiger partial charge is 0.370 e. The third kappa shape index (κ3) is 4.50. The van der Waals surface area contributed by atoms with E-state index in [4.69, 9.17) is 0 Å². The maximum atomic E-state index is 12.2. The molecule has 0 radical (unpaired) electrons. The summed E-state index contributed by atoms with van der Waals surface area (Å²) in [7, 11) is 0. The highest BCUT2D eigenvalue weighted by molar-refractivity contribution is 5.93. The average Bonchev–Trinajstić information content (AvgIpc) is 3.19. The van der Waals surface area contributed by atoms with Crippen LogP contribution in [-0.4, -0.2) is 45.9 Å². The van der Waals surface area contributed by atoms with Crippen LogP contribution in [0.1, 0.15) is 16.9 Å². The van der Waals surface area contributed by atoms with Crippen LogP contribution in [0.25, 0.3) is 11.3 Å². The molecule has 0 spiro atoms. The number of hydrogen-bond acceptors (Lipinski definition) is 6. The molecule has 3 aromatic rings. The molecule has 0 saturated heterocycles. The monoisotopic (exact) mass is 349 g/mol. The number of aromatic nitrogens is 4. The van der Waals surface area contributed by atoms with E-state index in [9.17, 15) is 4.79 Å². The Labute approximate surface area is 150 Å². The first-order valence-corrected chi connectivity index (χ1v) is 8.19. The number of anilines is 1. The first-order chi connectivity index (χ1) is 12.8. The molecular weight excluding hydrogens is 330 g/mol. The lowest BCUT2D eigenvalue weighted by Gasteiger charge is -2.06. The van der Waals surface area contributed by atoms with Gasteiger partial charge in [0.05, 0.1) is 5.69 Å². The van der Waals surface area contributed by atoms with Gasteiger partial charge < -0.3 is 10.6 Å². The van der Waals surface area contributed by atoms with Gasteiger partial charge in [0.15, 0.2) is 5.69 Å². The van der Waals surface area contributed by atoms with Gasteiger partial charge in [-0.25, -0.2) is 9.98 Å². The average molecular weight is 349 g/mol. The van der Waals surface area contributed by atoms with Gasteiger partial charge in [-0.05, 0) is 30.8 Å². The summed E-state index contributed by atoms with van der Waals surface area (Å²) in [6, 6.07) is 13.2. The van der Waals surface area contributed by atoms with Crippen molar-refractivity contribution < 1.29 is 4.79 Å². The third-order valence-corrected chi connectivity index (χ3v) is 3.62. The lowest BCUT2D eigenvalue weighted by atomic mass is 10.1. The number of aliphatic imine (C=N–C) groups is 1.